The highest BCUT2D eigenvalue weighted by Gasteiger charge is 2.06. The maximum Gasteiger partial charge on any atom is -0.0322 e. The SMILES string of the molecule is CCCCCC1C/C=C/CCCCCCCCCC1. The molecule has 0 bridgehead atoms. The zero-order valence-corrected chi connectivity index (χ0v) is 13.3. The summed E-state index contributed by atoms with van der Waals surface area (Å²) in [6.45, 7) is 2.31. The van der Waals surface area contributed by atoms with E-state index in [1.165, 1.54) is 96.3 Å². The molecule has 112 valence electrons. The third-order valence-electron chi connectivity index (χ3n) is 4.59. The van der Waals surface area contributed by atoms with E-state index in [2.05, 4.69) is 19.1 Å². The molecule has 0 amide bonds. The predicted molar refractivity (Wildman–Crippen MR) is 87.6 cm³/mol. The van der Waals surface area contributed by atoms with E-state index in [9.17, 15) is 0 Å². The van der Waals surface area contributed by atoms with Crippen LogP contribution in [0, 0.1) is 5.92 Å². The number of unbranched alkanes of at least 4 members (excludes halogenated alkanes) is 2. The average molecular weight is 264 g/mol. The molecule has 0 aromatic heterocycles. The summed E-state index contributed by atoms with van der Waals surface area (Å²) < 4.78 is 0. The van der Waals surface area contributed by atoms with Crippen molar-refractivity contribution in [1.82, 2.24) is 0 Å². The van der Waals surface area contributed by atoms with Gasteiger partial charge in [0.2, 0.25) is 0 Å². The minimum absolute atomic E-state index is 0.978. The van der Waals surface area contributed by atoms with Crippen molar-refractivity contribution in [2.45, 2.75) is 103 Å². The zero-order chi connectivity index (χ0) is 13.6. The van der Waals surface area contributed by atoms with Crippen LogP contribution in [0.2, 0.25) is 0 Å². The summed E-state index contributed by atoms with van der Waals surface area (Å²) in [7, 11) is 0. The Morgan fingerprint density at radius 3 is 2.21 bits per heavy atom. The Kier molecular flexibility index (Phi) is 11.3. The molecule has 19 heavy (non-hydrogen) atoms. The van der Waals surface area contributed by atoms with Gasteiger partial charge in [-0.05, 0) is 25.2 Å². The Labute approximate surface area is 122 Å². The largest absolute Gasteiger partial charge is 0.0885 e. The van der Waals surface area contributed by atoms with Gasteiger partial charge in [0, 0.05) is 0 Å². The van der Waals surface area contributed by atoms with Crippen LogP contribution in [0.25, 0.3) is 0 Å². The van der Waals surface area contributed by atoms with Gasteiger partial charge in [-0.2, -0.15) is 0 Å². The fourth-order valence-corrected chi connectivity index (χ4v) is 3.23. The number of hydrogen-bond acceptors (Lipinski definition) is 0. The third-order valence-corrected chi connectivity index (χ3v) is 4.59. The van der Waals surface area contributed by atoms with E-state index in [1.54, 1.807) is 0 Å². The summed E-state index contributed by atoms with van der Waals surface area (Å²) in [4.78, 5) is 0. The van der Waals surface area contributed by atoms with Crippen molar-refractivity contribution in [3.63, 3.8) is 0 Å². The van der Waals surface area contributed by atoms with E-state index in [1.807, 2.05) is 0 Å². The Bertz CT molecular complexity index is 204. The van der Waals surface area contributed by atoms with Crippen LogP contribution in [0.1, 0.15) is 103 Å². The van der Waals surface area contributed by atoms with Gasteiger partial charge < -0.3 is 0 Å². The highest BCUT2D eigenvalue weighted by atomic mass is 14.1. The molecule has 1 rings (SSSR count). The molecule has 0 fully saturated rings. The molecule has 0 heteroatoms. The van der Waals surface area contributed by atoms with Crippen LogP contribution in [-0.4, -0.2) is 0 Å². The van der Waals surface area contributed by atoms with E-state index in [-0.39, 0.29) is 0 Å². The molecule has 0 aromatic carbocycles. The van der Waals surface area contributed by atoms with Gasteiger partial charge in [-0.3, -0.25) is 0 Å². The summed E-state index contributed by atoms with van der Waals surface area (Å²) >= 11 is 0. The molecule has 0 aromatic rings. The lowest BCUT2D eigenvalue weighted by Gasteiger charge is -2.15. The fourth-order valence-electron chi connectivity index (χ4n) is 3.23. The molecule has 0 aliphatic heterocycles. The van der Waals surface area contributed by atoms with E-state index in [0.717, 1.165) is 5.92 Å². The average Bonchev–Trinajstić information content (AvgIpc) is 2.43. The molecule has 0 heterocycles. The highest BCUT2D eigenvalue weighted by Crippen LogP contribution is 2.22. The summed E-state index contributed by atoms with van der Waals surface area (Å²) in [6, 6.07) is 0. The van der Waals surface area contributed by atoms with Crippen LogP contribution in [0.15, 0.2) is 12.2 Å². The molecule has 0 N–H and O–H groups in total. The van der Waals surface area contributed by atoms with Gasteiger partial charge in [-0.15, -0.1) is 0 Å². The topological polar surface area (TPSA) is 0 Å². The highest BCUT2D eigenvalue weighted by molar-refractivity contribution is 4.84. The predicted octanol–water partition coefficient (Wildman–Crippen LogP) is 7.04. The molecule has 1 aliphatic carbocycles. The Hall–Kier alpha value is -0.260. The van der Waals surface area contributed by atoms with Gasteiger partial charge in [-0.1, -0.05) is 96.1 Å². The number of allylic oxidation sites excluding steroid dienone is 2. The fraction of sp³-hybridized carbons (Fsp3) is 0.895. The molecule has 0 spiro atoms. The van der Waals surface area contributed by atoms with E-state index in [0.29, 0.717) is 0 Å². The van der Waals surface area contributed by atoms with Crippen LogP contribution in [0.3, 0.4) is 0 Å². The van der Waals surface area contributed by atoms with Gasteiger partial charge in [0.1, 0.15) is 0 Å². The molecule has 0 nitrogen and oxygen atoms in total. The van der Waals surface area contributed by atoms with Crippen molar-refractivity contribution in [3.05, 3.63) is 12.2 Å². The van der Waals surface area contributed by atoms with Crippen molar-refractivity contribution in [1.29, 1.82) is 0 Å². The van der Waals surface area contributed by atoms with E-state index in [4.69, 9.17) is 0 Å². The molecule has 0 saturated carbocycles. The number of hydrogen-bond donors (Lipinski definition) is 0. The normalized spacial score (nSPS) is 25.6. The van der Waals surface area contributed by atoms with Crippen molar-refractivity contribution < 1.29 is 0 Å². The van der Waals surface area contributed by atoms with Crippen LogP contribution in [0.5, 0.6) is 0 Å². The summed E-state index contributed by atoms with van der Waals surface area (Å²) in [5, 5.41) is 0. The van der Waals surface area contributed by atoms with Crippen molar-refractivity contribution in [2.75, 3.05) is 0 Å². The number of rotatable bonds is 4. The molecule has 0 radical (unpaired) electrons. The summed E-state index contributed by atoms with van der Waals surface area (Å²) in [6.07, 6.45) is 26.5. The van der Waals surface area contributed by atoms with Gasteiger partial charge in [0.25, 0.3) is 0 Å². The second kappa shape index (κ2) is 12.8. The van der Waals surface area contributed by atoms with Crippen LogP contribution >= 0.6 is 0 Å². The van der Waals surface area contributed by atoms with Crippen molar-refractivity contribution >= 4 is 0 Å². The first kappa shape index (κ1) is 16.8. The van der Waals surface area contributed by atoms with E-state index >= 15 is 0 Å². The molecule has 1 atom stereocenters. The van der Waals surface area contributed by atoms with E-state index < -0.39 is 0 Å². The van der Waals surface area contributed by atoms with Gasteiger partial charge in [-0.25, -0.2) is 0 Å². The quantitative estimate of drug-likeness (QED) is 0.377. The molecular formula is C19H36. The van der Waals surface area contributed by atoms with Crippen LogP contribution < -0.4 is 0 Å². The smallest absolute Gasteiger partial charge is 0.0322 e. The molecule has 1 unspecified atom stereocenters. The minimum atomic E-state index is 0.978. The first-order valence-corrected chi connectivity index (χ1v) is 9.08. The van der Waals surface area contributed by atoms with Gasteiger partial charge in [0.15, 0.2) is 0 Å². The lowest BCUT2D eigenvalue weighted by atomic mass is 9.91. The summed E-state index contributed by atoms with van der Waals surface area (Å²) in [5.74, 6) is 0.978. The lowest BCUT2D eigenvalue weighted by Crippen LogP contribution is -2.00. The Morgan fingerprint density at radius 1 is 0.789 bits per heavy atom. The Balaban J connectivity index is 2.27. The summed E-state index contributed by atoms with van der Waals surface area (Å²) in [5.41, 5.74) is 0. The first-order valence-electron chi connectivity index (χ1n) is 9.08. The maximum atomic E-state index is 2.49. The van der Waals surface area contributed by atoms with Gasteiger partial charge >= 0.3 is 0 Å². The lowest BCUT2D eigenvalue weighted by molar-refractivity contribution is 0.408. The molecule has 1 aliphatic rings. The van der Waals surface area contributed by atoms with Crippen molar-refractivity contribution in [2.24, 2.45) is 5.92 Å². The standard InChI is InChI=1S/C19H36/c1-2-3-13-16-19-17-14-11-9-7-5-4-6-8-10-12-15-18-19/h11,14,19H,2-10,12-13,15-18H2,1H3/b14-11+. The second-order valence-electron chi connectivity index (χ2n) is 6.47. The minimum Gasteiger partial charge on any atom is -0.0885 e. The van der Waals surface area contributed by atoms with Gasteiger partial charge in [0.05, 0.1) is 0 Å². The molecular weight excluding hydrogens is 228 g/mol. The van der Waals surface area contributed by atoms with Crippen LogP contribution in [-0.2, 0) is 0 Å². The maximum absolute atomic E-state index is 2.49. The second-order valence-corrected chi connectivity index (χ2v) is 6.47. The zero-order valence-electron chi connectivity index (χ0n) is 13.3. The Morgan fingerprint density at radius 2 is 1.47 bits per heavy atom. The van der Waals surface area contributed by atoms with Crippen molar-refractivity contribution in [3.8, 4) is 0 Å². The van der Waals surface area contributed by atoms with Crippen LogP contribution in [0.4, 0.5) is 0 Å². The molecule has 0 saturated heterocycles. The monoisotopic (exact) mass is 264 g/mol. The third kappa shape index (κ3) is 10.2. The first-order chi connectivity index (χ1) is 9.43.